The first-order chi connectivity index (χ1) is 10.2. The second-order valence-electron chi connectivity index (χ2n) is 6.97. The maximum Gasteiger partial charge on any atom is 0.323 e. The Morgan fingerprint density at radius 1 is 1.09 bits per heavy atom. The lowest BCUT2D eigenvalue weighted by Crippen LogP contribution is -2.43. The number of carboxylic acid groups (broad SMARTS) is 1. The molecule has 0 rings (SSSR count). The van der Waals surface area contributed by atoms with Crippen molar-refractivity contribution in [2.24, 2.45) is 11.7 Å². The Bertz CT molecular complexity index is 336. The molecule has 0 aromatic heterocycles. The number of aliphatic carboxylic acids is 1. The van der Waals surface area contributed by atoms with Crippen LogP contribution in [0.5, 0.6) is 0 Å². The van der Waals surface area contributed by atoms with Crippen molar-refractivity contribution >= 4 is 11.9 Å². The van der Waals surface area contributed by atoms with Crippen LogP contribution >= 0.6 is 0 Å². The normalized spacial score (nSPS) is 14.4. The van der Waals surface area contributed by atoms with Crippen LogP contribution in [0.1, 0.15) is 79.1 Å². The minimum absolute atomic E-state index is 0.0879. The van der Waals surface area contributed by atoms with E-state index in [0.717, 1.165) is 19.3 Å². The van der Waals surface area contributed by atoms with Crippen molar-refractivity contribution in [2.45, 2.75) is 90.7 Å². The van der Waals surface area contributed by atoms with E-state index in [-0.39, 0.29) is 12.3 Å². The number of unbranched alkanes of at least 4 members (excludes halogenated alkanes) is 5. The largest absolute Gasteiger partial charge is 0.481 e. The fraction of sp³-hybridized carbons (Fsp3) is 0.882. The highest BCUT2D eigenvalue weighted by Gasteiger charge is 2.30. The first-order valence-electron chi connectivity index (χ1n) is 8.37. The average Bonchev–Trinajstić information content (AvgIpc) is 2.38. The molecule has 0 heterocycles. The number of esters is 1. The molecule has 0 aromatic carbocycles. The van der Waals surface area contributed by atoms with E-state index in [9.17, 15) is 9.59 Å². The predicted octanol–water partition coefficient (Wildman–Crippen LogP) is 3.50. The summed E-state index contributed by atoms with van der Waals surface area (Å²) in [5, 5.41) is 9.01. The number of carbonyl (C=O) groups is 2. The molecule has 5 nitrogen and oxygen atoms in total. The van der Waals surface area contributed by atoms with Crippen molar-refractivity contribution < 1.29 is 19.4 Å². The number of rotatable bonds is 11. The van der Waals surface area contributed by atoms with E-state index < -0.39 is 23.6 Å². The number of carboxylic acids is 1. The van der Waals surface area contributed by atoms with E-state index in [1.54, 1.807) is 20.8 Å². The molecule has 0 aliphatic heterocycles. The fourth-order valence-electron chi connectivity index (χ4n) is 2.38. The first kappa shape index (κ1) is 20.9. The van der Waals surface area contributed by atoms with Crippen LogP contribution in [0, 0.1) is 5.92 Å². The summed E-state index contributed by atoms with van der Waals surface area (Å²) >= 11 is 0. The number of nitrogens with two attached hydrogens (primary N) is 1. The Labute approximate surface area is 134 Å². The Hall–Kier alpha value is -1.10. The molecular weight excluding hydrogens is 282 g/mol. The number of hydrogen-bond donors (Lipinski definition) is 2. The molecular formula is C17H33NO4. The van der Waals surface area contributed by atoms with Gasteiger partial charge in [-0.25, -0.2) is 0 Å². The topological polar surface area (TPSA) is 89.6 Å². The van der Waals surface area contributed by atoms with Crippen molar-refractivity contribution in [3.63, 3.8) is 0 Å². The summed E-state index contributed by atoms with van der Waals surface area (Å²) in [5.74, 6) is -1.79. The van der Waals surface area contributed by atoms with Gasteiger partial charge >= 0.3 is 11.9 Å². The lowest BCUT2D eigenvalue weighted by molar-refractivity contribution is -0.158. The monoisotopic (exact) mass is 315 g/mol. The van der Waals surface area contributed by atoms with E-state index in [4.69, 9.17) is 15.6 Å². The lowest BCUT2D eigenvalue weighted by atomic mass is 9.90. The Morgan fingerprint density at radius 3 is 2.14 bits per heavy atom. The summed E-state index contributed by atoms with van der Waals surface area (Å²) < 4.78 is 5.26. The number of carbonyl (C=O) groups excluding carboxylic acids is 1. The van der Waals surface area contributed by atoms with Gasteiger partial charge in [-0.05, 0) is 33.1 Å². The zero-order valence-electron chi connectivity index (χ0n) is 14.6. The second kappa shape index (κ2) is 10.6. The van der Waals surface area contributed by atoms with Crippen molar-refractivity contribution in [2.75, 3.05) is 0 Å². The van der Waals surface area contributed by atoms with Gasteiger partial charge < -0.3 is 15.6 Å². The lowest BCUT2D eigenvalue weighted by Gasteiger charge is -2.26. The van der Waals surface area contributed by atoms with Gasteiger partial charge in [0.1, 0.15) is 11.6 Å². The molecule has 0 radical (unpaired) electrons. The fourth-order valence-corrected chi connectivity index (χ4v) is 2.38. The molecule has 0 spiro atoms. The minimum atomic E-state index is -0.921. The van der Waals surface area contributed by atoms with Gasteiger partial charge in [-0.1, -0.05) is 45.4 Å². The molecule has 22 heavy (non-hydrogen) atoms. The molecule has 0 aliphatic rings. The summed E-state index contributed by atoms with van der Waals surface area (Å²) in [6.07, 6.45) is 7.30. The molecule has 0 amide bonds. The van der Waals surface area contributed by atoms with Gasteiger partial charge in [0, 0.05) is 0 Å². The van der Waals surface area contributed by atoms with Crippen LogP contribution in [0.15, 0.2) is 0 Å². The third-order valence-corrected chi connectivity index (χ3v) is 3.55. The SMILES string of the molecule is CCCCCCCCC(CC(=O)O)C(N)C(=O)OC(C)(C)C. The van der Waals surface area contributed by atoms with E-state index in [0.29, 0.717) is 6.42 Å². The van der Waals surface area contributed by atoms with Crippen LogP contribution in [-0.4, -0.2) is 28.7 Å². The Kier molecular flexibility index (Phi) is 10.1. The van der Waals surface area contributed by atoms with Crippen LogP contribution < -0.4 is 5.73 Å². The molecule has 3 N–H and O–H groups in total. The summed E-state index contributed by atoms with van der Waals surface area (Å²) in [6.45, 7) is 7.50. The van der Waals surface area contributed by atoms with Gasteiger partial charge in [0.15, 0.2) is 0 Å². The van der Waals surface area contributed by atoms with Crippen molar-refractivity contribution in [1.82, 2.24) is 0 Å². The molecule has 0 fully saturated rings. The van der Waals surface area contributed by atoms with Crippen molar-refractivity contribution in [3.8, 4) is 0 Å². The molecule has 0 aromatic rings. The minimum Gasteiger partial charge on any atom is -0.481 e. The molecule has 0 saturated carbocycles. The highest BCUT2D eigenvalue weighted by molar-refractivity contribution is 5.77. The Morgan fingerprint density at radius 2 is 1.64 bits per heavy atom. The van der Waals surface area contributed by atoms with Crippen LogP contribution in [0.25, 0.3) is 0 Å². The smallest absolute Gasteiger partial charge is 0.323 e. The third-order valence-electron chi connectivity index (χ3n) is 3.55. The average molecular weight is 315 g/mol. The van der Waals surface area contributed by atoms with Crippen LogP contribution in [0.3, 0.4) is 0 Å². The molecule has 2 unspecified atom stereocenters. The van der Waals surface area contributed by atoms with Gasteiger partial charge in [0.05, 0.1) is 6.42 Å². The second-order valence-corrected chi connectivity index (χ2v) is 6.97. The maximum atomic E-state index is 12.0. The standard InChI is InChI=1S/C17H33NO4/c1-5-6-7-8-9-10-11-13(12-14(19)20)15(18)16(21)22-17(2,3)4/h13,15H,5-12,18H2,1-4H3,(H,19,20). The van der Waals surface area contributed by atoms with Crippen LogP contribution in [0.2, 0.25) is 0 Å². The van der Waals surface area contributed by atoms with Crippen molar-refractivity contribution in [3.05, 3.63) is 0 Å². The van der Waals surface area contributed by atoms with Gasteiger partial charge in [-0.15, -0.1) is 0 Å². The van der Waals surface area contributed by atoms with Gasteiger partial charge in [-0.3, -0.25) is 9.59 Å². The number of hydrogen-bond acceptors (Lipinski definition) is 4. The molecule has 130 valence electrons. The van der Waals surface area contributed by atoms with Gasteiger partial charge in [-0.2, -0.15) is 0 Å². The molecule has 0 saturated heterocycles. The zero-order chi connectivity index (χ0) is 17.2. The molecule has 0 bridgehead atoms. The van der Waals surface area contributed by atoms with E-state index >= 15 is 0 Å². The maximum absolute atomic E-state index is 12.0. The Balaban J connectivity index is 4.37. The molecule has 0 aliphatic carbocycles. The van der Waals surface area contributed by atoms with Gasteiger partial charge in [0.25, 0.3) is 0 Å². The zero-order valence-corrected chi connectivity index (χ0v) is 14.6. The highest BCUT2D eigenvalue weighted by Crippen LogP contribution is 2.20. The van der Waals surface area contributed by atoms with Crippen LogP contribution in [-0.2, 0) is 14.3 Å². The summed E-state index contributed by atoms with van der Waals surface area (Å²) in [4.78, 5) is 23.0. The van der Waals surface area contributed by atoms with E-state index in [1.165, 1.54) is 19.3 Å². The molecule has 2 atom stereocenters. The quantitative estimate of drug-likeness (QED) is 0.450. The van der Waals surface area contributed by atoms with E-state index in [2.05, 4.69) is 6.92 Å². The highest BCUT2D eigenvalue weighted by atomic mass is 16.6. The van der Waals surface area contributed by atoms with E-state index in [1.807, 2.05) is 0 Å². The van der Waals surface area contributed by atoms with Gasteiger partial charge in [0.2, 0.25) is 0 Å². The summed E-state index contributed by atoms with van der Waals surface area (Å²) in [5.41, 5.74) is 5.33. The summed E-state index contributed by atoms with van der Waals surface area (Å²) in [6, 6.07) is -0.869. The number of ether oxygens (including phenoxy) is 1. The van der Waals surface area contributed by atoms with Crippen molar-refractivity contribution in [1.29, 1.82) is 0 Å². The first-order valence-corrected chi connectivity index (χ1v) is 8.37. The summed E-state index contributed by atoms with van der Waals surface area (Å²) in [7, 11) is 0. The third kappa shape index (κ3) is 10.6. The van der Waals surface area contributed by atoms with Crippen LogP contribution in [0.4, 0.5) is 0 Å². The predicted molar refractivity (Wildman–Crippen MR) is 87.6 cm³/mol. The molecule has 5 heteroatoms.